The first-order chi connectivity index (χ1) is 7.50. The fraction of sp³-hybridized carbons (Fsp3) is 0.800. The SMILES string of the molecule is CC(NC(=O)NC1CCSC1)C(C)C(=O)O. The van der Waals surface area contributed by atoms with E-state index in [9.17, 15) is 9.59 Å². The maximum Gasteiger partial charge on any atom is 0.315 e. The number of nitrogens with one attached hydrogen (secondary N) is 2. The fourth-order valence-electron chi connectivity index (χ4n) is 1.42. The molecule has 0 aliphatic carbocycles. The molecule has 0 aromatic heterocycles. The Hall–Kier alpha value is -0.910. The molecule has 1 heterocycles. The Morgan fingerprint density at radius 2 is 2.12 bits per heavy atom. The van der Waals surface area contributed by atoms with Crippen LogP contribution in [0.5, 0.6) is 0 Å². The summed E-state index contributed by atoms with van der Waals surface area (Å²) in [4.78, 5) is 22.2. The van der Waals surface area contributed by atoms with Gasteiger partial charge in [-0.3, -0.25) is 4.79 Å². The van der Waals surface area contributed by atoms with E-state index >= 15 is 0 Å². The molecule has 3 atom stereocenters. The van der Waals surface area contributed by atoms with Crippen LogP contribution in [0.25, 0.3) is 0 Å². The molecule has 16 heavy (non-hydrogen) atoms. The maximum atomic E-state index is 11.5. The number of urea groups is 1. The normalized spacial score (nSPS) is 23.5. The van der Waals surface area contributed by atoms with E-state index in [1.165, 1.54) is 0 Å². The molecule has 6 heteroatoms. The highest BCUT2D eigenvalue weighted by Crippen LogP contribution is 2.16. The van der Waals surface area contributed by atoms with Crippen molar-refractivity contribution in [1.82, 2.24) is 10.6 Å². The van der Waals surface area contributed by atoms with E-state index in [0.29, 0.717) is 0 Å². The molecule has 1 rings (SSSR count). The number of rotatable bonds is 4. The van der Waals surface area contributed by atoms with Crippen LogP contribution in [-0.4, -0.2) is 40.7 Å². The van der Waals surface area contributed by atoms with Crippen LogP contribution in [0.2, 0.25) is 0 Å². The zero-order valence-electron chi connectivity index (χ0n) is 9.53. The summed E-state index contributed by atoms with van der Waals surface area (Å²) in [5.41, 5.74) is 0. The van der Waals surface area contributed by atoms with E-state index in [2.05, 4.69) is 10.6 Å². The molecule has 5 nitrogen and oxygen atoms in total. The number of amides is 2. The maximum absolute atomic E-state index is 11.5. The lowest BCUT2D eigenvalue weighted by Crippen LogP contribution is -2.48. The van der Waals surface area contributed by atoms with E-state index in [-0.39, 0.29) is 18.1 Å². The molecule has 1 aliphatic rings. The van der Waals surface area contributed by atoms with Gasteiger partial charge < -0.3 is 15.7 Å². The van der Waals surface area contributed by atoms with Crippen LogP contribution in [-0.2, 0) is 4.79 Å². The molecular weight excluding hydrogens is 228 g/mol. The van der Waals surface area contributed by atoms with Crippen LogP contribution in [0.15, 0.2) is 0 Å². The van der Waals surface area contributed by atoms with Crippen LogP contribution in [0.1, 0.15) is 20.3 Å². The molecule has 0 bridgehead atoms. The number of aliphatic carboxylic acids is 1. The van der Waals surface area contributed by atoms with Gasteiger partial charge in [0.1, 0.15) is 0 Å². The van der Waals surface area contributed by atoms with Gasteiger partial charge in [-0.25, -0.2) is 4.79 Å². The van der Waals surface area contributed by atoms with Crippen molar-refractivity contribution in [1.29, 1.82) is 0 Å². The summed E-state index contributed by atoms with van der Waals surface area (Å²) in [6, 6.07) is -0.419. The minimum Gasteiger partial charge on any atom is -0.481 e. The third-order valence-electron chi connectivity index (χ3n) is 2.76. The van der Waals surface area contributed by atoms with E-state index in [4.69, 9.17) is 5.11 Å². The Balaban J connectivity index is 2.29. The third kappa shape index (κ3) is 3.92. The fourth-order valence-corrected chi connectivity index (χ4v) is 2.57. The molecule has 1 fully saturated rings. The second kappa shape index (κ2) is 5.98. The van der Waals surface area contributed by atoms with Gasteiger partial charge in [0.15, 0.2) is 0 Å². The van der Waals surface area contributed by atoms with Gasteiger partial charge in [-0.15, -0.1) is 0 Å². The summed E-state index contributed by atoms with van der Waals surface area (Å²) < 4.78 is 0. The summed E-state index contributed by atoms with van der Waals surface area (Å²) in [5.74, 6) is 0.537. The molecule has 1 aliphatic heterocycles. The Morgan fingerprint density at radius 3 is 2.62 bits per heavy atom. The molecule has 2 amide bonds. The van der Waals surface area contributed by atoms with Crippen molar-refractivity contribution in [3.05, 3.63) is 0 Å². The van der Waals surface area contributed by atoms with Gasteiger partial charge in [0.05, 0.1) is 5.92 Å². The highest BCUT2D eigenvalue weighted by Gasteiger charge is 2.23. The first-order valence-corrected chi connectivity index (χ1v) is 6.53. The van der Waals surface area contributed by atoms with Crippen LogP contribution < -0.4 is 10.6 Å². The van der Waals surface area contributed by atoms with Crippen LogP contribution in [0, 0.1) is 5.92 Å². The van der Waals surface area contributed by atoms with Crippen molar-refractivity contribution < 1.29 is 14.7 Å². The van der Waals surface area contributed by atoms with Gasteiger partial charge in [-0.2, -0.15) is 11.8 Å². The molecule has 1 saturated heterocycles. The van der Waals surface area contributed by atoms with E-state index in [1.807, 2.05) is 11.8 Å². The predicted molar refractivity (Wildman–Crippen MR) is 63.7 cm³/mol. The number of carbonyl (C=O) groups is 2. The smallest absolute Gasteiger partial charge is 0.315 e. The summed E-state index contributed by atoms with van der Waals surface area (Å²) in [5, 5.41) is 14.3. The van der Waals surface area contributed by atoms with E-state index in [1.54, 1.807) is 13.8 Å². The average molecular weight is 246 g/mol. The minimum atomic E-state index is -0.899. The van der Waals surface area contributed by atoms with Gasteiger partial charge >= 0.3 is 12.0 Å². The first-order valence-electron chi connectivity index (χ1n) is 5.38. The van der Waals surface area contributed by atoms with Crippen LogP contribution >= 0.6 is 11.8 Å². The molecule has 0 aromatic rings. The molecule has 0 saturated carbocycles. The second-order valence-corrected chi connectivity index (χ2v) is 5.24. The lowest BCUT2D eigenvalue weighted by Gasteiger charge is -2.19. The topological polar surface area (TPSA) is 78.4 Å². The first kappa shape index (κ1) is 13.2. The van der Waals surface area contributed by atoms with Gasteiger partial charge in [-0.1, -0.05) is 0 Å². The Labute approximate surface area is 99.4 Å². The van der Waals surface area contributed by atoms with Crippen molar-refractivity contribution >= 4 is 23.8 Å². The van der Waals surface area contributed by atoms with E-state index < -0.39 is 11.9 Å². The van der Waals surface area contributed by atoms with Gasteiger partial charge in [0.2, 0.25) is 0 Å². The molecule has 92 valence electrons. The summed E-state index contributed by atoms with van der Waals surface area (Å²) in [7, 11) is 0. The number of hydrogen-bond acceptors (Lipinski definition) is 3. The van der Waals surface area contributed by atoms with Gasteiger partial charge in [0, 0.05) is 17.8 Å². The number of carboxylic acids is 1. The molecular formula is C10H18N2O3S. The van der Waals surface area contributed by atoms with Crippen molar-refractivity contribution in [3.8, 4) is 0 Å². The van der Waals surface area contributed by atoms with Crippen molar-refractivity contribution in [2.45, 2.75) is 32.4 Å². The quantitative estimate of drug-likeness (QED) is 0.688. The average Bonchev–Trinajstić information content (AvgIpc) is 2.68. The predicted octanol–water partition coefficient (Wildman–Crippen LogP) is 0.900. The van der Waals surface area contributed by atoms with Crippen molar-refractivity contribution in [2.75, 3.05) is 11.5 Å². The Morgan fingerprint density at radius 1 is 1.44 bits per heavy atom. The molecule has 0 radical (unpaired) electrons. The standard InChI is InChI=1S/C10H18N2O3S/c1-6(9(13)14)7(2)11-10(15)12-8-3-4-16-5-8/h6-8H,3-5H2,1-2H3,(H,13,14)(H2,11,12,15). The number of thioether (sulfide) groups is 1. The highest BCUT2D eigenvalue weighted by atomic mass is 32.2. The number of carbonyl (C=O) groups excluding carboxylic acids is 1. The largest absolute Gasteiger partial charge is 0.481 e. The van der Waals surface area contributed by atoms with Gasteiger partial charge in [-0.05, 0) is 26.0 Å². The summed E-state index contributed by atoms with van der Waals surface area (Å²) in [6.07, 6.45) is 0.987. The lowest BCUT2D eigenvalue weighted by atomic mass is 10.0. The Bertz CT molecular complexity index is 267. The second-order valence-electron chi connectivity index (χ2n) is 4.09. The van der Waals surface area contributed by atoms with Crippen LogP contribution in [0.4, 0.5) is 4.79 Å². The van der Waals surface area contributed by atoms with Crippen molar-refractivity contribution in [2.24, 2.45) is 5.92 Å². The molecule has 0 spiro atoms. The third-order valence-corrected chi connectivity index (χ3v) is 3.93. The summed E-state index contributed by atoms with van der Waals surface area (Å²) in [6.45, 7) is 3.28. The zero-order valence-corrected chi connectivity index (χ0v) is 10.3. The lowest BCUT2D eigenvalue weighted by molar-refractivity contribution is -0.141. The highest BCUT2D eigenvalue weighted by molar-refractivity contribution is 7.99. The van der Waals surface area contributed by atoms with Crippen LogP contribution in [0.3, 0.4) is 0 Å². The number of hydrogen-bond donors (Lipinski definition) is 3. The summed E-state index contributed by atoms with van der Waals surface area (Å²) >= 11 is 1.82. The Kier molecular flexibility index (Phi) is 4.92. The number of carboxylic acid groups (broad SMARTS) is 1. The molecule has 3 unspecified atom stereocenters. The van der Waals surface area contributed by atoms with Crippen molar-refractivity contribution in [3.63, 3.8) is 0 Å². The van der Waals surface area contributed by atoms with Gasteiger partial charge in [0.25, 0.3) is 0 Å². The molecule has 3 N–H and O–H groups in total. The van der Waals surface area contributed by atoms with E-state index in [0.717, 1.165) is 17.9 Å². The monoisotopic (exact) mass is 246 g/mol. The minimum absolute atomic E-state index is 0.220. The molecule has 0 aromatic carbocycles. The zero-order chi connectivity index (χ0) is 12.1.